The van der Waals surface area contributed by atoms with Crippen LogP contribution in [0.1, 0.15) is 105 Å². The Balaban J connectivity index is 1.52. The zero-order valence-corrected chi connectivity index (χ0v) is 42.1. The Morgan fingerprint density at radius 1 is 0.469 bits per heavy atom. The van der Waals surface area contributed by atoms with Crippen molar-refractivity contribution in [1.29, 1.82) is 0 Å². The van der Waals surface area contributed by atoms with Crippen LogP contribution in [-0.2, 0) is 21.7 Å². The zero-order chi connectivity index (χ0) is 46.5. The third-order valence-electron chi connectivity index (χ3n) is 11.3. The number of fused-ring (bicyclic) bond motifs is 4. The summed E-state index contributed by atoms with van der Waals surface area (Å²) in [5.74, 6) is 5.49. The summed E-state index contributed by atoms with van der Waals surface area (Å²) >= 11 is 0. The molecule has 12 heteroatoms. The van der Waals surface area contributed by atoms with E-state index in [1.807, 2.05) is 72.8 Å². The Bertz CT molecular complexity index is 2620. The van der Waals surface area contributed by atoms with Gasteiger partial charge in [-0.05, 0) is 82.3 Å². The van der Waals surface area contributed by atoms with Gasteiger partial charge in [-0.25, -0.2) is 0 Å². The van der Waals surface area contributed by atoms with Gasteiger partial charge in [0.05, 0.1) is 41.2 Å². The van der Waals surface area contributed by atoms with E-state index in [-0.39, 0.29) is 16.2 Å². The highest BCUT2D eigenvalue weighted by atomic mass is 31.2. The van der Waals surface area contributed by atoms with Crippen molar-refractivity contribution in [2.45, 2.75) is 105 Å². The predicted molar refractivity (Wildman–Crippen MR) is 260 cm³/mol. The molecule has 0 aliphatic carbocycles. The van der Waals surface area contributed by atoms with Crippen molar-refractivity contribution in [3.05, 3.63) is 95.1 Å². The number of methoxy groups -OCH3 is 4. The van der Waals surface area contributed by atoms with Gasteiger partial charge >= 0.3 is 8.24 Å². The molecule has 1 aromatic heterocycles. The van der Waals surface area contributed by atoms with E-state index in [4.69, 9.17) is 45.6 Å². The molecule has 0 amide bonds. The van der Waals surface area contributed by atoms with Crippen LogP contribution in [0.25, 0.3) is 33.1 Å². The fourth-order valence-corrected chi connectivity index (χ4v) is 10.1. The average Bonchev–Trinajstić information content (AvgIpc) is 3.58. The van der Waals surface area contributed by atoms with E-state index in [1.165, 1.54) is 0 Å². The normalized spacial score (nSPS) is 13.3. The van der Waals surface area contributed by atoms with E-state index >= 15 is 0 Å². The third-order valence-corrected chi connectivity index (χ3v) is 13.6. The van der Waals surface area contributed by atoms with Crippen LogP contribution in [0.3, 0.4) is 0 Å². The lowest BCUT2D eigenvalue weighted by Gasteiger charge is -2.28. The van der Waals surface area contributed by atoms with Gasteiger partial charge in [-0.2, -0.15) is 0 Å². The Morgan fingerprint density at radius 3 is 1.25 bits per heavy atom. The fourth-order valence-electron chi connectivity index (χ4n) is 7.79. The van der Waals surface area contributed by atoms with E-state index in [2.05, 4.69) is 83.1 Å². The number of benzene rings is 5. The van der Waals surface area contributed by atoms with E-state index in [1.54, 1.807) is 28.4 Å². The lowest BCUT2D eigenvalue weighted by molar-refractivity contribution is 0.327. The second-order valence-electron chi connectivity index (χ2n) is 20.2. The van der Waals surface area contributed by atoms with Gasteiger partial charge in [0.1, 0.15) is 45.7 Å². The molecule has 1 aliphatic heterocycles. The highest BCUT2D eigenvalue weighted by Crippen LogP contribution is 2.55. The van der Waals surface area contributed by atoms with Gasteiger partial charge < -0.3 is 45.6 Å². The average molecular weight is 911 g/mol. The minimum Gasteiger partial charge on any atom is -0.497 e. The molecule has 7 rings (SSSR count). The highest BCUT2D eigenvalue weighted by molar-refractivity contribution is 7.48. The lowest BCUT2D eigenvalue weighted by Crippen LogP contribution is -2.17. The smallest absolute Gasteiger partial charge is 0.453 e. The number of hydrogen-bond donors (Lipinski definition) is 0. The van der Waals surface area contributed by atoms with E-state index in [0.717, 1.165) is 55.7 Å². The van der Waals surface area contributed by atoms with Gasteiger partial charge in [0.2, 0.25) is 0 Å². The van der Waals surface area contributed by atoms with Crippen molar-refractivity contribution in [3.63, 3.8) is 0 Å². The molecule has 0 N–H and O–H groups in total. The van der Waals surface area contributed by atoms with E-state index in [9.17, 15) is 0 Å². The van der Waals surface area contributed by atoms with Crippen molar-refractivity contribution >= 4 is 38.6 Å². The summed E-state index contributed by atoms with van der Waals surface area (Å²) in [5, 5.41) is 1.64. The van der Waals surface area contributed by atoms with Crippen molar-refractivity contribution in [1.82, 2.24) is 0 Å². The number of ether oxygens (including phenoxy) is 5. The van der Waals surface area contributed by atoms with Crippen LogP contribution in [0.2, 0.25) is 0 Å². The number of hydrogen-bond acceptors (Lipinski definition) is 10. The number of rotatable bonds is 11. The molecule has 0 unspecified atom stereocenters. The van der Waals surface area contributed by atoms with E-state index < -0.39 is 22.0 Å². The van der Waals surface area contributed by atoms with Crippen LogP contribution < -0.4 is 37.3 Å². The first kappa shape index (κ1) is 46.8. The topological polar surface area (TPSA) is 100 Å². The first-order chi connectivity index (χ1) is 30.0. The van der Waals surface area contributed by atoms with Gasteiger partial charge in [0, 0.05) is 44.2 Å². The van der Waals surface area contributed by atoms with E-state index in [0.29, 0.717) is 58.4 Å². The minimum absolute atomic E-state index is 0.332. The number of para-hydroxylation sites is 2. The van der Waals surface area contributed by atoms with Gasteiger partial charge in [-0.15, -0.1) is 0 Å². The monoisotopic (exact) mass is 910 g/mol. The summed E-state index contributed by atoms with van der Waals surface area (Å²) in [5.41, 5.74) is 5.02. The Hall–Kier alpha value is -5.17. The summed E-state index contributed by atoms with van der Waals surface area (Å²) in [7, 11) is 3.28. The largest absolute Gasteiger partial charge is 0.497 e. The Labute approximate surface area is 381 Å². The summed E-state index contributed by atoms with van der Waals surface area (Å²) in [4.78, 5) is 0. The van der Waals surface area contributed by atoms with Gasteiger partial charge in [0.15, 0.2) is 11.5 Å². The molecule has 6 aromatic rings. The lowest BCUT2D eigenvalue weighted by atomic mass is 9.81. The molecule has 5 aromatic carbocycles. The Morgan fingerprint density at radius 2 is 0.844 bits per heavy atom. The second kappa shape index (κ2) is 17.7. The molecule has 0 radical (unpaired) electrons. The highest BCUT2D eigenvalue weighted by Gasteiger charge is 2.33. The van der Waals surface area contributed by atoms with Crippen molar-refractivity contribution in [3.8, 4) is 57.1 Å². The standard InChI is InChI=1S/C52H64O10P2/c1-49(2,3)39-27-31(53-13)23-35(45(39)57-21-22-63-58-43-19-17-18-20-44(43)59-63)36-24-32(54-14)28-40(50(4,5)6)46(36)60-64-61-47-37(25-33(55-15)29-41(47)51(7,8)9)38-26-34(56-16)30-42(48(38)62-64)52(10,11)12/h17-20,23-30H,21-22H2,1-16H3. The summed E-state index contributed by atoms with van der Waals surface area (Å²) < 4.78 is 65.0. The van der Waals surface area contributed by atoms with Crippen molar-refractivity contribution in [2.75, 3.05) is 41.2 Å². The molecule has 0 fully saturated rings. The maximum Gasteiger partial charge on any atom is 0.453 e. The van der Waals surface area contributed by atoms with Gasteiger partial charge in [0.25, 0.3) is 8.38 Å². The molecule has 0 spiro atoms. The predicted octanol–water partition coefficient (Wildman–Crippen LogP) is 15.2. The van der Waals surface area contributed by atoms with Gasteiger partial charge in [-0.3, -0.25) is 0 Å². The molecule has 0 saturated heterocycles. The molecule has 2 heterocycles. The molecule has 64 heavy (non-hydrogen) atoms. The Kier molecular flexibility index (Phi) is 12.9. The minimum atomic E-state index is -2.20. The molecule has 1 aliphatic rings. The van der Waals surface area contributed by atoms with Crippen LogP contribution in [-0.4, -0.2) is 41.2 Å². The van der Waals surface area contributed by atoms with Crippen LogP contribution in [0.5, 0.6) is 46.0 Å². The van der Waals surface area contributed by atoms with Crippen LogP contribution in [0.4, 0.5) is 0 Å². The van der Waals surface area contributed by atoms with Gasteiger partial charge in [-0.1, -0.05) is 95.2 Å². The van der Waals surface area contributed by atoms with Crippen LogP contribution in [0, 0.1) is 0 Å². The summed E-state index contributed by atoms with van der Waals surface area (Å²) in [6, 6.07) is 23.9. The molecule has 0 bridgehead atoms. The van der Waals surface area contributed by atoms with Crippen LogP contribution in [0.15, 0.2) is 81.2 Å². The quantitative estimate of drug-likeness (QED) is 0.117. The maximum atomic E-state index is 7.38. The SMILES string of the molecule is COc1cc(-c2cc(OC)cc(C(C)(C)C)c2Op2oc3c(C(C)(C)C)cc(OC)cc3c3cc(OC)cc(C(C)(C)C)c3o2)c(OCCP2Oc3ccccc3O2)c(C(C)(C)C)c1. The molecular formula is C52H64O10P2. The second-order valence-corrected chi connectivity index (χ2v) is 22.7. The van der Waals surface area contributed by atoms with Crippen molar-refractivity contribution in [2.24, 2.45) is 0 Å². The van der Waals surface area contributed by atoms with Crippen LogP contribution >= 0.6 is 16.6 Å². The molecule has 0 atom stereocenters. The van der Waals surface area contributed by atoms with Crippen molar-refractivity contribution < 1.29 is 45.6 Å². The molecule has 0 saturated carbocycles. The first-order valence-corrected chi connectivity index (χ1v) is 24.1. The molecular weight excluding hydrogens is 847 g/mol. The fraction of sp³-hybridized carbons (Fsp3) is 0.423. The summed E-state index contributed by atoms with van der Waals surface area (Å²) in [6.45, 7) is 26.3. The molecule has 342 valence electrons. The zero-order valence-electron chi connectivity index (χ0n) is 40.3. The molecule has 10 nitrogen and oxygen atoms in total. The third kappa shape index (κ3) is 9.60. The maximum absolute atomic E-state index is 7.38. The first-order valence-electron chi connectivity index (χ1n) is 21.6. The summed E-state index contributed by atoms with van der Waals surface area (Å²) in [6.07, 6.45) is 0.543.